The van der Waals surface area contributed by atoms with Crippen molar-refractivity contribution in [1.29, 1.82) is 0 Å². The van der Waals surface area contributed by atoms with Crippen molar-refractivity contribution >= 4 is 35.1 Å². The van der Waals surface area contributed by atoms with E-state index in [4.69, 9.17) is 18.9 Å². The van der Waals surface area contributed by atoms with Gasteiger partial charge in [-0.3, -0.25) is 29.0 Å². The maximum absolute atomic E-state index is 14.0. The van der Waals surface area contributed by atoms with Crippen LogP contribution < -0.4 is 19.3 Å². The third-order valence-electron chi connectivity index (χ3n) is 6.01. The Bertz CT molecular complexity index is 1080. The summed E-state index contributed by atoms with van der Waals surface area (Å²) in [5, 5.41) is 0. The summed E-state index contributed by atoms with van der Waals surface area (Å²) >= 11 is 0. The van der Waals surface area contributed by atoms with E-state index in [2.05, 4.69) is 0 Å². The molecule has 0 aromatic heterocycles. The van der Waals surface area contributed by atoms with Crippen LogP contribution in [0.3, 0.4) is 0 Å². The number of benzene rings is 2. The molecule has 0 aliphatic heterocycles. The van der Waals surface area contributed by atoms with Crippen LogP contribution >= 0.6 is 0 Å². The summed E-state index contributed by atoms with van der Waals surface area (Å²) in [7, 11) is 5.38. The van der Waals surface area contributed by atoms with E-state index in [1.54, 1.807) is 76.2 Å². The highest BCUT2D eigenvalue weighted by Gasteiger charge is 2.41. The number of rotatable bonds is 10. The lowest BCUT2D eigenvalue weighted by atomic mass is 9.91. The highest BCUT2D eigenvalue weighted by Crippen LogP contribution is 2.34. The lowest BCUT2D eigenvalue weighted by Gasteiger charge is -2.35. The summed E-state index contributed by atoms with van der Waals surface area (Å²) in [4.78, 5) is 55.4. The Morgan fingerprint density at radius 2 is 0.921 bits per heavy atom. The average molecular weight is 529 g/mol. The van der Waals surface area contributed by atoms with Gasteiger partial charge in [-0.25, -0.2) is 0 Å². The van der Waals surface area contributed by atoms with Gasteiger partial charge in [-0.1, -0.05) is 24.3 Å². The zero-order valence-electron chi connectivity index (χ0n) is 23.2. The van der Waals surface area contributed by atoms with Crippen LogP contribution in [0.5, 0.6) is 11.5 Å². The summed E-state index contributed by atoms with van der Waals surface area (Å²) < 4.78 is 20.8. The van der Waals surface area contributed by atoms with E-state index in [1.165, 1.54) is 38.2 Å². The zero-order chi connectivity index (χ0) is 28.7. The number of carbonyl (C=O) groups excluding carboxylic acids is 4. The van der Waals surface area contributed by atoms with Gasteiger partial charge in [0.1, 0.15) is 11.5 Å². The molecule has 0 atom stereocenters. The fourth-order valence-electron chi connectivity index (χ4n) is 3.94. The number of esters is 2. The predicted octanol–water partition coefficient (Wildman–Crippen LogP) is 3.47. The number of hydrogen-bond donors (Lipinski definition) is 0. The van der Waals surface area contributed by atoms with E-state index in [-0.39, 0.29) is 24.5 Å². The maximum Gasteiger partial charge on any atom is 0.317 e. The predicted molar refractivity (Wildman–Crippen MR) is 142 cm³/mol. The Balaban J connectivity index is 2.68. The summed E-state index contributed by atoms with van der Waals surface area (Å²) in [5.41, 5.74) is -1.77. The van der Waals surface area contributed by atoms with Crippen LogP contribution in [0.4, 0.5) is 11.4 Å². The minimum atomic E-state index is -1.17. The van der Waals surface area contributed by atoms with Crippen molar-refractivity contribution in [2.24, 2.45) is 10.8 Å². The van der Waals surface area contributed by atoms with Crippen LogP contribution in [0.15, 0.2) is 48.5 Å². The Kier molecular flexibility index (Phi) is 9.87. The topological polar surface area (TPSA) is 112 Å². The van der Waals surface area contributed by atoms with Crippen molar-refractivity contribution in [3.63, 3.8) is 0 Å². The van der Waals surface area contributed by atoms with Crippen LogP contribution in [0.2, 0.25) is 0 Å². The van der Waals surface area contributed by atoms with Crippen molar-refractivity contribution in [3.05, 3.63) is 48.5 Å². The number of nitrogens with zero attached hydrogens (tertiary/aromatic N) is 2. The van der Waals surface area contributed by atoms with E-state index in [0.717, 1.165) is 0 Å². The van der Waals surface area contributed by atoms with Crippen molar-refractivity contribution in [3.8, 4) is 11.5 Å². The van der Waals surface area contributed by atoms with Gasteiger partial charge >= 0.3 is 23.8 Å². The van der Waals surface area contributed by atoms with Crippen molar-refractivity contribution < 1.29 is 38.1 Å². The second-order valence-corrected chi connectivity index (χ2v) is 9.88. The third kappa shape index (κ3) is 6.62. The molecule has 206 valence electrons. The first-order chi connectivity index (χ1) is 17.8. The molecule has 0 fully saturated rings. The van der Waals surface area contributed by atoms with Crippen LogP contribution in [0, 0.1) is 10.8 Å². The molecule has 0 heterocycles. The minimum Gasteiger partial charge on any atom is -0.495 e. The fraction of sp³-hybridized carbons (Fsp3) is 0.429. The summed E-state index contributed by atoms with van der Waals surface area (Å²) in [6, 6.07) is 13.3. The standard InChI is InChI=1S/C28H36N2O8/c1-27(2,25(33)37-7)17-29(19-13-9-11-15-21(19)35-5)23(31)24(32)30(18-28(3,4)26(34)38-8)20-14-10-12-16-22(20)36-6/h9-16H,17-18H2,1-8H3. The SMILES string of the molecule is COC(=O)C(C)(C)CN(C(=O)C(=O)N(CC(C)(C)C(=O)OC)c1ccccc1OC)c1ccccc1OC. The Morgan fingerprint density at radius 1 is 0.605 bits per heavy atom. The molecule has 0 unspecified atom stereocenters. The third-order valence-corrected chi connectivity index (χ3v) is 6.01. The molecule has 0 spiro atoms. The summed E-state index contributed by atoms with van der Waals surface area (Å²) in [6.45, 7) is 6.05. The monoisotopic (exact) mass is 528 g/mol. The largest absolute Gasteiger partial charge is 0.495 e. The molecule has 38 heavy (non-hydrogen) atoms. The lowest BCUT2D eigenvalue weighted by molar-refractivity contribution is -0.151. The number of anilines is 2. The van der Waals surface area contributed by atoms with Crippen LogP contribution in [0.1, 0.15) is 27.7 Å². The first kappa shape index (κ1) is 30.1. The molecule has 0 aliphatic carbocycles. The Hall–Kier alpha value is -4.08. The number of amides is 2. The Labute approximate surface area is 223 Å². The summed E-state index contributed by atoms with van der Waals surface area (Å²) in [5.74, 6) is -2.37. The molecule has 0 aliphatic rings. The molecule has 0 saturated heterocycles. The minimum absolute atomic E-state index is 0.190. The first-order valence-corrected chi connectivity index (χ1v) is 11.9. The molecular formula is C28H36N2O8. The molecule has 2 amide bonds. The van der Waals surface area contributed by atoms with Crippen molar-refractivity contribution in [1.82, 2.24) is 0 Å². The van der Waals surface area contributed by atoms with Gasteiger partial charge in [0, 0.05) is 13.1 Å². The molecular weight excluding hydrogens is 492 g/mol. The highest BCUT2D eigenvalue weighted by molar-refractivity contribution is 6.45. The fourth-order valence-corrected chi connectivity index (χ4v) is 3.94. The first-order valence-electron chi connectivity index (χ1n) is 11.9. The molecule has 10 nitrogen and oxygen atoms in total. The normalized spacial score (nSPS) is 11.3. The van der Waals surface area contributed by atoms with Gasteiger partial charge in [0.05, 0.1) is 50.6 Å². The van der Waals surface area contributed by atoms with Gasteiger partial charge < -0.3 is 18.9 Å². The number of para-hydroxylation sites is 4. The Morgan fingerprint density at radius 3 is 1.21 bits per heavy atom. The van der Waals surface area contributed by atoms with Gasteiger partial charge in [-0.15, -0.1) is 0 Å². The molecule has 0 saturated carbocycles. The smallest absolute Gasteiger partial charge is 0.317 e. The average Bonchev–Trinajstić information content (AvgIpc) is 2.92. The second kappa shape index (κ2) is 12.4. The van der Waals surface area contributed by atoms with E-state index < -0.39 is 34.6 Å². The van der Waals surface area contributed by atoms with Crippen molar-refractivity contribution in [2.75, 3.05) is 51.3 Å². The second-order valence-electron chi connectivity index (χ2n) is 9.88. The van der Waals surface area contributed by atoms with Crippen LogP contribution in [0.25, 0.3) is 0 Å². The molecule has 2 aromatic rings. The number of methoxy groups -OCH3 is 4. The number of hydrogen-bond acceptors (Lipinski definition) is 8. The van der Waals surface area contributed by atoms with Gasteiger partial charge in [0.25, 0.3) is 0 Å². The number of carbonyl (C=O) groups is 4. The van der Waals surface area contributed by atoms with Crippen LogP contribution in [-0.2, 0) is 28.7 Å². The van der Waals surface area contributed by atoms with E-state index in [0.29, 0.717) is 11.5 Å². The van der Waals surface area contributed by atoms with E-state index in [9.17, 15) is 19.2 Å². The number of ether oxygens (including phenoxy) is 4. The zero-order valence-corrected chi connectivity index (χ0v) is 23.2. The lowest BCUT2D eigenvalue weighted by Crippen LogP contribution is -2.52. The van der Waals surface area contributed by atoms with Gasteiger partial charge in [-0.2, -0.15) is 0 Å². The van der Waals surface area contributed by atoms with Gasteiger partial charge in [0.2, 0.25) is 0 Å². The maximum atomic E-state index is 14.0. The van der Waals surface area contributed by atoms with Gasteiger partial charge in [-0.05, 0) is 52.0 Å². The van der Waals surface area contributed by atoms with Gasteiger partial charge in [0.15, 0.2) is 0 Å². The quantitative estimate of drug-likeness (QED) is 0.340. The highest BCUT2D eigenvalue weighted by atomic mass is 16.5. The molecule has 2 rings (SSSR count). The van der Waals surface area contributed by atoms with Crippen LogP contribution in [-0.4, -0.2) is 65.3 Å². The van der Waals surface area contributed by atoms with E-state index in [1.807, 2.05) is 0 Å². The molecule has 10 heteroatoms. The molecule has 2 aromatic carbocycles. The van der Waals surface area contributed by atoms with Crippen molar-refractivity contribution in [2.45, 2.75) is 27.7 Å². The molecule has 0 N–H and O–H groups in total. The molecule has 0 radical (unpaired) electrons. The van der Waals surface area contributed by atoms with E-state index >= 15 is 0 Å². The summed E-state index contributed by atoms with van der Waals surface area (Å²) in [6.07, 6.45) is 0. The molecule has 0 bridgehead atoms.